The van der Waals surface area contributed by atoms with Crippen molar-refractivity contribution in [2.45, 2.75) is 26.3 Å². The first-order valence-corrected chi connectivity index (χ1v) is 10.7. The molecule has 0 saturated carbocycles. The molecule has 0 aliphatic carbocycles. The maximum atomic E-state index is 12.5. The van der Waals surface area contributed by atoms with Crippen LogP contribution in [0, 0.1) is 0 Å². The lowest BCUT2D eigenvalue weighted by molar-refractivity contribution is -0.131. The number of sulfonamides is 1. The number of carbonyl (C=O) groups excluding carboxylic acids is 1. The van der Waals surface area contributed by atoms with E-state index in [4.69, 9.17) is 4.74 Å². The molecule has 0 spiro atoms. The number of amides is 1. The van der Waals surface area contributed by atoms with E-state index in [0.29, 0.717) is 13.1 Å². The minimum Gasteiger partial charge on any atom is -0.495 e. The summed E-state index contributed by atoms with van der Waals surface area (Å²) in [5.41, 5.74) is 1.03. The summed E-state index contributed by atoms with van der Waals surface area (Å²) in [7, 11) is -1.65. The highest BCUT2D eigenvalue weighted by Gasteiger charge is 2.25. The van der Waals surface area contributed by atoms with Gasteiger partial charge in [-0.2, -0.15) is 4.31 Å². The summed E-state index contributed by atoms with van der Waals surface area (Å²) in [6.07, 6.45) is 1.39. The molecule has 1 fully saturated rings. The minimum atomic E-state index is -3.30. The van der Waals surface area contributed by atoms with Gasteiger partial charge in [0, 0.05) is 45.2 Å². The lowest BCUT2D eigenvalue weighted by Crippen LogP contribution is -2.49. The van der Waals surface area contributed by atoms with Crippen LogP contribution in [0.5, 0.6) is 5.75 Å². The Hall–Kier alpha value is -1.80. The van der Waals surface area contributed by atoms with Gasteiger partial charge in [0.05, 0.1) is 19.1 Å². The van der Waals surface area contributed by atoms with E-state index < -0.39 is 10.0 Å². The summed E-state index contributed by atoms with van der Waals surface area (Å²) < 4.78 is 30.4. The predicted octanol–water partition coefficient (Wildman–Crippen LogP) is 1.40. The summed E-state index contributed by atoms with van der Waals surface area (Å²) in [5, 5.41) is 0. The molecular formula is C18H29N3O4S. The third-order valence-corrected chi connectivity index (χ3v) is 6.06. The van der Waals surface area contributed by atoms with Crippen molar-refractivity contribution in [2.24, 2.45) is 0 Å². The zero-order chi connectivity index (χ0) is 19.3. The first-order chi connectivity index (χ1) is 12.2. The second kappa shape index (κ2) is 8.73. The molecule has 1 amide bonds. The summed E-state index contributed by atoms with van der Waals surface area (Å²) >= 11 is 0. The SMILES string of the molecule is COc1ccccc1N1CCN(C(=O)CCN(C(C)C)S(C)(=O)=O)CC1. The van der Waals surface area contributed by atoms with Gasteiger partial charge < -0.3 is 14.5 Å². The van der Waals surface area contributed by atoms with Crippen LogP contribution in [0.1, 0.15) is 20.3 Å². The largest absolute Gasteiger partial charge is 0.495 e. The fraction of sp³-hybridized carbons (Fsp3) is 0.611. The number of methoxy groups -OCH3 is 1. The van der Waals surface area contributed by atoms with Crippen molar-refractivity contribution >= 4 is 21.6 Å². The molecule has 0 N–H and O–H groups in total. The number of piperazine rings is 1. The first kappa shape index (κ1) is 20.5. The Labute approximate surface area is 156 Å². The van der Waals surface area contributed by atoms with Crippen LogP contribution in [0.2, 0.25) is 0 Å². The van der Waals surface area contributed by atoms with Gasteiger partial charge >= 0.3 is 0 Å². The number of carbonyl (C=O) groups is 1. The average Bonchev–Trinajstić information content (AvgIpc) is 2.60. The minimum absolute atomic E-state index is 0.000948. The molecule has 0 atom stereocenters. The molecule has 1 aromatic carbocycles. The van der Waals surface area contributed by atoms with Gasteiger partial charge in [0.15, 0.2) is 0 Å². The van der Waals surface area contributed by atoms with E-state index in [9.17, 15) is 13.2 Å². The normalized spacial score (nSPS) is 15.6. The van der Waals surface area contributed by atoms with Crippen LogP contribution in [0.15, 0.2) is 24.3 Å². The highest BCUT2D eigenvalue weighted by molar-refractivity contribution is 7.88. The van der Waals surface area contributed by atoms with Crippen LogP contribution < -0.4 is 9.64 Å². The van der Waals surface area contributed by atoms with Crippen molar-refractivity contribution in [3.63, 3.8) is 0 Å². The Bertz CT molecular complexity index is 713. The standard InChI is InChI=1S/C18H29N3O4S/c1-15(2)21(26(4,23)24)10-9-18(22)20-13-11-19(12-14-20)16-7-5-6-8-17(16)25-3/h5-8,15H,9-14H2,1-4H3. The molecule has 0 aromatic heterocycles. The van der Waals surface area contributed by atoms with Crippen LogP contribution in [-0.2, 0) is 14.8 Å². The van der Waals surface area contributed by atoms with Crippen molar-refractivity contribution in [1.29, 1.82) is 0 Å². The number of hydrogen-bond acceptors (Lipinski definition) is 5. The van der Waals surface area contributed by atoms with Crippen molar-refractivity contribution in [2.75, 3.05) is 51.0 Å². The summed E-state index contributed by atoms with van der Waals surface area (Å²) in [5.74, 6) is 0.826. The average molecular weight is 384 g/mol. The van der Waals surface area contributed by atoms with E-state index in [2.05, 4.69) is 4.90 Å². The van der Waals surface area contributed by atoms with Crippen LogP contribution >= 0.6 is 0 Å². The summed E-state index contributed by atoms with van der Waals surface area (Å²) in [4.78, 5) is 16.5. The number of ether oxygens (including phenoxy) is 1. The number of rotatable bonds is 7. The zero-order valence-corrected chi connectivity index (χ0v) is 16.8. The molecule has 1 aliphatic rings. The molecule has 26 heavy (non-hydrogen) atoms. The van der Waals surface area contributed by atoms with Crippen LogP contribution in [0.25, 0.3) is 0 Å². The quantitative estimate of drug-likeness (QED) is 0.712. The van der Waals surface area contributed by atoms with Gasteiger partial charge in [-0.25, -0.2) is 8.42 Å². The lowest BCUT2D eigenvalue weighted by atomic mass is 10.2. The van der Waals surface area contributed by atoms with Gasteiger partial charge in [0.25, 0.3) is 0 Å². The molecule has 146 valence electrons. The molecule has 0 bridgehead atoms. The first-order valence-electron chi connectivity index (χ1n) is 8.86. The molecule has 7 nitrogen and oxygen atoms in total. The van der Waals surface area contributed by atoms with E-state index >= 15 is 0 Å². The third-order valence-electron chi connectivity index (χ3n) is 4.61. The number of benzene rings is 1. The van der Waals surface area contributed by atoms with Gasteiger partial charge in [-0.1, -0.05) is 12.1 Å². The molecule has 1 heterocycles. The smallest absolute Gasteiger partial charge is 0.224 e. The van der Waals surface area contributed by atoms with Crippen LogP contribution in [0.3, 0.4) is 0 Å². The van der Waals surface area contributed by atoms with Crippen molar-refractivity contribution in [1.82, 2.24) is 9.21 Å². The highest BCUT2D eigenvalue weighted by Crippen LogP contribution is 2.28. The fourth-order valence-corrected chi connectivity index (χ4v) is 4.45. The number of para-hydroxylation sites is 2. The Morgan fingerprint density at radius 2 is 1.81 bits per heavy atom. The van der Waals surface area contributed by atoms with Crippen molar-refractivity contribution in [3.8, 4) is 5.75 Å². The molecule has 1 saturated heterocycles. The van der Waals surface area contributed by atoms with E-state index in [0.717, 1.165) is 24.5 Å². The Morgan fingerprint density at radius 3 is 2.35 bits per heavy atom. The van der Waals surface area contributed by atoms with E-state index in [1.165, 1.54) is 10.6 Å². The Balaban J connectivity index is 1.90. The lowest BCUT2D eigenvalue weighted by Gasteiger charge is -2.37. The van der Waals surface area contributed by atoms with Crippen molar-refractivity contribution < 1.29 is 17.9 Å². The second-order valence-corrected chi connectivity index (χ2v) is 8.69. The number of hydrogen-bond donors (Lipinski definition) is 0. The monoisotopic (exact) mass is 383 g/mol. The second-order valence-electron chi connectivity index (χ2n) is 6.76. The Morgan fingerprint density at radius 1 is 1.19 bits per heavy atom. The van der Waals surface area contributed by atoms with Gasteiger partial charge in [-0.05, 0) is 26.0 Å². The summed E-state index contributed by atoms with van der Waals surface area (Å²) in [6.45, 7) is 6.56. The third kappa shape index (κ3) is 5.11. The Kier molecular flexibility index (Phi) is 6.88. The molecule has 0 unspecified atom stereocenters. The van der Waals surface area contributed by atoms with E-state index in [1.54, 1.807) is 7.11 Å². The van der Waals surface area contributed by atoms with Gasteiger partial charge in [0.2, 0.25) is 15.9 Å². The fourth-order valence-electron chi connectivity index (χ4n) is 3.26. The molecular weight excluding hydrogens is 354 g/mol. The highest BCUT2D eigenvalue weighted by atomic mass is 32.2. The molecule has 8 heteroatoms. The maximum absolute atomic E-state index is 12.5. The number of anilines is 1. The topological polar surface area (TPSA) is 70.2 Å². The van der Waals surface area contributed by atoms with Crippen LogP contribution in [-0.4, -0.2) is 75.7 Å². The van der Waals surface area contributed by atoms with E-state index in [1.807, 2.05) is 43.0 Å². The molecule has 2 rings (SSSR count). The van der Waals surface area contributed by atoms with Gasteiger partial charge in [-0.3, -0.25) is 4.79 Å². The molecule has 1 aliphatic heterocycles. The predicted molar refractivity (Wildman–Crippen MR) is 103 cm³/mol. The van der Waals surface area contributed by atoms with Gasteiger partial charge in [-0.15, -0.1) is 0 Å². The van der Waals surface area contributed by atoms with Crippen molar-refractivity contribution in [3.05, 3.63) is 24.3 Å². The molecule has 1 aromatic rings. The summed E-state index contributed by atoms with van der Waals surface area (Å²) in [6, 6.07) is 7.70. The number of nitrogens with zero attached hydrogens (tertiary/aromatic N) is 3. The van der Waals surface area contributed by atoms with Crippen LogP contribution in [0.4, 0.5) is 5.69 Å². The van der Waals surface area contributed by atoms with Gasteiger partial charge in [0.1, 0.15) is 5.75 Å². The zero-order valence-electron chi connectivity index (χ0n) is 16.0. The maximum Gasteiger partial charge on any atom is 0.224 e. The van der Waals surface area contributed by atoms with E-state index in [-0.39, 0.29) is 24.9 Å². The molecule has 0 radical (unpaired) electrons.